The molecule has 0 heterocycles. The first kappa shape index (κ1) is 11.5. The van der Waals surface area contributed by atoms with Crippen molar-refractivity contribution in [2.45, 2.75) is 6.92 Å². The molecule has 0 aromatic carbocycles. The Hall–Kier alpha value is -0.280. The van der Waals surface area contributed by atoms with Crippen LogP contribution in [0.1, 0.15) is 6.92 Å². The molecular weight excluding hydrogens is 142 g/mol. The van der Waals surface area contributed by atoms with E-state index in [1.165, 1.54) is 7.11 Å². The van der Waals surface area contributed by atoms with Gasteiger partial charge in [0.15, 0.2) is 0 Å². The molecule has 0 aliphatic rings. The summed E-state index contributed by atoms with van der Waals surface area (Å²) in [6.07, 6.45) is 0. The van der Waals surface area contributed by atoms with Crippen LogP contribution in [-0.4, -0.2) is 19.6 Å². The van der Waals surface area contributed by atoms with Crippen molar-refractivity contribution >= 4 is 5.97 Å². The van der Waals surface area contributed by atoms with E-state index in [0.717, 1.165) is 0 Å². The maximum Gasteiger partial charge on any atom is 0.314 e. The fourth-order valence-corrected chi connectivity index (χ4v) is 0.319. The number of hydrogen-bond donors (Lipinski definition) is 1. The molecule has 1 atom stereocenters. The number of methoxy groups -OCH3 is 1. The van der Waals surface area contributed by atoms with E-state index >= 15 is 0 Å². The minimum Gasteiger partial charge on any atom is -1.00 e. The minimum absolute atomic E-state index is 0. The van der Waals surface area contributed by atoms with E-state index in [9.17, 15) is 4.79 Å². The maximum atomic E-state index is 10.5. The van der Waals surface area contributed by atoms with Crippen molar-refractivity contribution in [1.82, 2.24) is 0 Å². The molecule has 9 heavy (non-hydrogen) atoms. The number of esters is 1. The SMILES string of the molecule is COC(=O)[C@H](C)C[NH3+].[Cl-]. The van der Waals surface area contributed by atoms with Crippen LogP contribution in [0, 0.1) is 5.92 Å². The van der Waals surface area contributed by atoms with E-state index in [0.29, 0.717) is 6.54 Å². The van der Waals surface area contributed by atoms with Gasteiger partial charge in [0.2, 0.25) is 0 Å². The molecule has 3 N–H and O–H groups in total. The molecule has 4 heteroatoms. The van der Waals surface area contributed by atoms with Gasteiger partial charge in [0.25, 0.3) is 0 Å². The van der Waals surface area contributed by atoms with Gasteiger partial charge in [-0.3, -0.25) is 4.79 Å². The van der Waals surface area contributed by atoms with Crippen LogP contribution in [0.25, 0.3) is 0 Å². The lowest BCUT2D eigenvalue weighted by atomic mass is 10.2. The standard InChI is InChI=1S/C5H11NO2.ClH/c1-4(3-6)5(7)8-2;/h4H,3,6H2,1-2H3;1H/t4-;/m1./s1. The normalized spacial score (nSPS) is 11.4. The summed E-state index contributed by atoms with van der Waals surface area (Å²) in [5.41, 5.74) is 3.55. The van der Waals surface area contributed by atoms with E-state index in [-0.39, 0.29) is 24.3 Å². The van der Waals surface area contributed by atoms with Gasteiger partial charge in [-0.1, -0.05) is 0 Å². The number of halogens is 1. The fraction of sp³-hybridized carbons (Fsp3) is 0.800. The molecular formula is C5H12ClNO2. The summed E-state index contributed by atoms with van der Waals surface area (Å²) >= 11 is 0. The minimum atomic E-state index is -0.181. The Kier molecular flexibility index (Phi) is 7.48. The van der Waals surface area contributed by atoms with E-state index in [2.05, 4.69) is 10.5 Å². The smallest absolute Gasteiger partial charge is 0.314 e. The Balaban J connectivity index is 0. The summed E-state index contributed by atoms with van der Waals surface area (Å²) in [6.45, 7) is 2.39. The van der Waals surface area contributed by atoms with E-state index in [4.69, 9.17) is 0 Å². The van der Waals surface area contributed by atoms with Crippen molar-refractivity contribution in [3.63, 3.8) is 0 Å². The Bertz CT molecular complexity index is 87.0. The molecule has 0 aliphatic carbocycles. The third kappa shape index (κ3) is 4.24. The van der Waals surface area contributed by atoms with Crippen LogP contribution in [0.2, 0.25) is 0 Å². The van der Waals surface area contributed by atoms with Crippen molar-refractivity contribution in [3.05, 3.63) is 0 Å². The monoisotopic (exact) mass is 153 g/mol. The van der Waals surface area contributed by atoms with Crippen LogP contribution in [0.5, 0.6) is 0 Å². The Morgan fingerprint density at radius 1 is 1.78 bits per heavy atom. The summed E-state index contributed by atoms with van der Waals surface area (Å²) < 4.78 is 4.42. The number of carbonyl (C=O) groups is 1. The molecule has 0 radical (unpaired) electrons. The van der Waals surface area contributed by atoms with Gasteiger partial charge in [-0.05, 0) is 6.92 Å². The first-order valence-corrected chi connectivity index (χ1v) is 2.59. The number of hydrogen-bond acceptors (Lipinski definition) is 2. The second kappa shape index (κ2) is 5.85. The summed E-state index contributed by atoms with van der Waals surface area (Å²) in [7, 11) is 1.38. The number of carbonyl (C=O) groups excluding carboxylic acids is 1. The van der Waals surface area contributed by atoms with Gasteiger partial charge in [0.05, 0.1) is 13.7 Å². The highest BCUT2D eigenvalue weighted by Crippen LogP contribution is 1.90. The first-order chi connectivity index (χ1) is 3.72. The Morgan fingerprint density at radius 2 is 2.22 bits per heavy atom. The van der Waals surface area contributed by atoms with Gasteiger partial charge in [-0.15, -0.1) is 0 Å². The largest absolute Gasteiger partial charge is 1.00 e. The molecule has 0 amide bonds. The highest BCUT2D eigenvalue weighted by atomic mass is 35.5. The zero-order valence-electron chi connectivity index (χ0n) is 5.69. The van der Waals surface area contributed by atoms with Gasteiger partial charge >= 0.3 is 5.97 Å². The molecule has 3 nitrogen and oxygen atoms in total. The van der Waals surface area contributed by atoms with E-state index in [1.807, 2.05) is 0 Å². The highest BCUT2D eigenvalue weighted by molar-refractivity contribution is 5.71. The molecule has 0 aromatic heterocycles. The Morgan fingerprint density at radius 3 is 2.33 bits per heavy atom. The predicted molar refractivity (Wildman–Crippen MR) is 28.9 cm³/mol. The number of quaternary nitrogens is 1. The van der Waals surface area contributed by atoms with E-state index < -0.39 is 0 Å². The Labute approximate surface area is 61.0 Å². The van der Waals surface area contributed by atoms with Crippen LogP contribution in [0.15, 0.2) is 0 Å². The van der Waals surface area contributed by atoms with Crippen molar-refractivity contribution < 1.29 is 27.7 Å². The predicted octanol–water partition coefficient (Wildman–Crippen LogP) is -3.96. The van der Waals surface area contributed by atoms with Crippen molar-refractivity contribution in [3.8, 4) is 0 Å². The van der Waals surface area contributed by atoms with E-state index in [1.54, 1.807) is 6.92 Å². The second-order valence-electron chi connectivity index (χ2n) is 1.71. The lowest BCUT2D eigenvalue weighted by Crippen LogP contribution is -3.00. The summed E-state index contributed by atoms with van der Waals surface area (Å²) in [5.74, 6) is -0.236. The van der Waals surface area contributed by atoms with Crippen LogP contribution < -0.4 is 18.1 Å². The third-order valence-corrected chi connectivity index (χ3v) is 1.04. The highest BCUT2D eigenvalue weighted by Gasteiger charge is 2.11. The van der Waals surface area contributed by atoms with Gasteiger partial charge in [-0.2, -0.15) is 0 Å². The summed E-state index contributed by atoms with van der Waals surface area (Å²) in [6, 6.07) is 0. The zero-order chi connectivity index (χ0) is 6.57. The zero-order valence-corrected chi connectivity index (χ0v) is 6.44. The average Bonchev–Trinajstić information content (AvgIpc) is 1.84. The summed E-state index contributed by atoms with van der Waals surface area (Å²) in [4.78, 5) is 10.5. The van der Waals surface area contributed by atoms with Crippen molar-refractivity contribution in [1.29, 1.82) is 0 Å². The van der Waals surface area contributed by atoms with Crippen LogP contribution in [0.4, 0.5) is 0 Å². The molecule has 0 aromatic rings. The molecule has 0 rings (SSSR count). The van der Waals surface area contributed by atoms with Crippen LogP contribution in [-0.2, 0) is 9.53 Å². The van der Waals surface area contributed by atoms with Gasteiger partial charge < -0.3 is 22.9 Å². The molecule has 0 fully saturated rings. The number of rotatable bonds is 2. The van der Waals surface area contributed by atoms with Gasteiger partial charge in [0.1, 0.15) is 5.92 Å². The quantitative estimate of drug-likeness (QED) is 0.412. The molecule has 0 bridgehead atoms. The fourth-order valence-electron chi connectivity index (χ4n) is 0.319. The second-order valence-corrected chi connectivity index (χ2v) is 1.71. The van der Waals surface area contributed by atoms with Gasteiger partial charge in [-0.25, -0.2) is 0 Å². The lowest BCUT2D eigenvalue weighted by molar-refractivity contribution is -0.375. The van der Waals surface area contributed by atoms with Crippen LogP contribution >= 0.6 is 0 Å². The first-order valence-electron chi connectivity index (χ1n) is 2.59. The number of ether oxygens (including phenoxy) is 1. The third-order valence-electron chi connectivity index (χ3n) is 1.04. The summed E-state index contributed by atoms with van der Waals surface area (Å²) in [5, 5.41) is 0. The van der Waals surface area contributed by atoms with Gasteiger partial charge in [0, 0.05) is 0 Å². The maximum absolute atomic E-state index is 10.5. The molecule has 0 aliphatic heterocycles. The topological polar surface area (TPSA) is 53.9 Å². The molecule has 56 valence electrons. The molecule has 0 spiro atoms. The van der Waals surface area contributed by atoms with Crippen LogP contribution in [0.3, 0.4) is 0 Å². The molecule has 0 saturated heterocycles. The van der Waals surface area contributed by atoms with Crippen molar-refractivity contribution in [2.24, 2.45) is 5.92 Å². The lowest BCUT2D eigenvalue weighted by Gasteiger charge is -2.00. The molecule has 0 unspecified atom stereocenters. The van der Waals surface area contributed by atoms with Crippen molar-refractivity contribution in [2.75, 3.05) is 13.7 Å². The molecule has 0 saturated carbocycles. The average molecular weight is 154 g/mol.